The summed E-state index contributed by atoms with van der Waals surface area (Å²) in [5.74, 6) is 0.236. The Morgan fingerprint density at radius 3 is 2.20 bits per heavy atom. The molecule has 148 valence electrons. The lowest BCUT2D eigenvalue weighted by atomic mass is 10.2. The summed E-state index contributed by atoms with van der Waals surface area (Å²) in [7, 11) is 0. The predicted octanol–water partition coefficient (Wildman–Crippen LogP) is 5.26. The van der Waals surface area contributed by atoms with Crippen molar-refractivity contribution in [3.63, 3.8) is 0 Å². The Morgan fingerprint density at radius 1 is 0.867 bits per heavy atom. The van der Waals surface area contributed by atoms with E-state index in [1.165, 1.54) is 0 Å². The maximum atomic E-state index is 11.0. The molecule has 0 saturated carbocycles. The standard InChI is InChI=1S/C24H20N4O2/c29-23(30)19-11-13-20(14-12-19)26-22-15-16-25-24(27-22)28(21-9-5-2-6-10-21)17-18-7-3-1-4-8-18/h1-16H,17H2,(H,29,30)(H,25,26,27). The molecule has 4 aromatic rings. The number of benzene rings is 3. The molecule has 4 rings (SSSR count). The highest BCUT2D eigenvalue weighted by Crippen LogP contribution is 2.26. The zero-order chi connectivity index (χ0) is 20.8. The average Bonchev–Trinajstić information content (AvgIpc) is 2.79. The van der Waals surface area contributed by atoms with Crippen LogP contribution in [0.5, 0.6) is 0 Å². The molecule has 1 aromatic heterocycles. The van der Waals surface area contributed by atoms with Crippen molar-refractivity contribution in [2.75, 3.05) is 10.2 Å². The number of para-hydroxylation sites is 1. The van der Waals surface area contributed by atoms with Crippen LogP contribution in [0.3, 0.4) is 0 Å². The SMILES string of the molecule is O=C(O)c1ccc(Nc2ccnc(N(Cc3ccccc3)c3ccccc3)n2)cc1. The zero-order valence-corrected chi connectivity index (χ0v) is 16.1. The van der Waals surface area contributed by atoms with Gasteiger partial charge in [0.25, 0.3) is 0 Å². The Balaban J connectivity index is 1.62. The third-order valence-electron chi connectivity index (χ3n) is 4.54. The van der Waals surface area contributed by atoms with Crippen LogP contribution in [-0.4, -0.2) is 21.0 Å². The Bertz CT molecular complexity index is 1120. The number of hydrogen-bond donors (Lipinski definition) is 2. The van der Waals surface area contributed by atoms with Crippen LogP contribution in [0.15, 0.2) is 97.2 Å². The molecular formula is C24H20N4O2. The van der Waals surface area contributed by atoms with Gasteiger partial charge in [-0.1, -0.05) is 48.5 Å². The topological polar surface area (TPSA) is 78.3 Å². The number of anilines is 4. The molecule has 0 spiro atoms. The quantitative estimate of drug-likeness (QED) is 0.444. The van der Waals surface area contributed by atoms with E-state index in [0.717, 1.165) is 16.9 Å². The highest BCUT2D eigenvalue weighted by Gasteiger charge is 2.14. The molecule has 0 radical (unpaired) electrons. The fourth-order valence-electron chi connectivity index (χ4n) is 3.04. The van der Waals surface area contributed by atoms with Crippen LogP contribution in [0.2, 0.25) is 0 Å². The van der Waals surface area contributed by atoms with Gasteiger partial charge in [0.2, 0.25) is 5.95 Å². The molecule has 0 saturated heterocycles. The third kappa shape index (κ3) is 4.62. The molecule has 0 fully saturated rings. The highest BCUT2D eigenvalue weighted by molar-refractivity contribution is 5.88. The van der Waals surface area contributed by atoms with Gasteiger partial charge < -0.3 is 15.3 Å². The van der Waals surface area contributed by atoms with Crippen LogP contribution in [0.25, 0.3) is 0 Å². The van der Waals surface area contributed by atoms with Crippen LogP contribution in [0.4, 0.5) is 23.1 Å². The first-order valence-corrected chi connectivity index (χ1v) is 9.49. The van der Waals surface area contributed by atoms with Crippen molar-refractivity contribution in [1.29, 1.82) is 0 Å². The predicted molar refractivity (Wildman–Crippen MR) is 117 cm³/mol. The number of nitrogens with one attached hydrogen (secondary N) is 1. The number of carboxylic acids is 1. The summed E-state index contributed by atoms with van der Waals surface area (Å²) in [6.45, 7) is 0.627. The first-order valence-electron chi connectivity index (χ1n) is 9.49. The second kappa shape index (κ2) is 8.87. The molecular weight excluding hydrogens is 376 g/mol. The lowest BCUT2D eigenvalue weighted by Gasteiger charge is -2.23. The lowest BCUT2D eigenvalue weighted by Crippen LogP contribution is -2.19. The van der Waals surface area contributed by atoms with Gasteiger partial charge in [0.1, 0.15) is 5.82 Å². The van der Waals surface area contributed by atoms with Crippen molar-refractivity contribution in [2.45, 2.75) is 6.54 Å². The van der Waals surface area contributed by atoms with Gasteiger partial charge in [-0.3, -0.25) is 0 Å². The molecule has 2 N–H and O–H groups in total. The maximum Gasteiger partial charge on any atom is 0.335 e. The molecule has 0 aliphatic rings. The zero-order valence-electron chi connectivity index (χ0n) is 16.1. The molecule has 6 heteroatoms. The van der Waals surface area contributed by atoms with Crippen LogP contribution < -0.4 is 10.2 Å². The van der Waals surface area contributed by atoms with Gasteiger partial charge in [-0.2, -0.15) is 4.98 Å². The van der Waals surface area contributed by atoms with E-state index < -0.39 is 5.97 Å². The van der Waals surface area contributed by atoms with Crippen molar-refractivity contribution in [3.05, 3.63) is 108 Å². The molecule has 0 amide bonds. The van der Waals surface area contributed by atoms with E-state index in [9.17, 15) is 4.79 Å². The van der Waals surface area contributed by atoms with Gasteiger partial charge in [0.15, 0.2) is 0 Å². The van der Waals surface area contributed by atoms with Gasteiger partial charge in [0.05, 0.1) is 12.1 Å². The monoisotopic (exact) mass is 396 g/mol. The van der Waals surface area contributed by atoms with Crippen LogP contribution in [0, 0.1) is 0 Å². The van der Waals surface area contributed by atoms with Crippen molar-refractivity contribution >= 4 is 29.1 Å². The fourth-order valence-corrected chi connectivity index (χ4v) is 3.04. The van der Waals surface area contributed by atoms with E-state index in [0.29, 0.717) is 18.3 Å². The van der Waals surface area contributed by atoms with Gasteiger partial charge in [-0.15, -0.1) is 0 Å². The highest BCUT2D eigenvalue weighted by atomic mass is 16.4. The number of carbonyl (C=O) groups is 1. The maximum absolute atomic E-state index is 11.0. The molecule has 1 heterocycles. The lowest BCUT2D eigenvalue weighted by molar-refractivity contribution is 0.0697. The first kappa shape index (κ1) is 19.1. The molecule has 6 nitrogen and oxygen atoms in total. The second-order valence-corrected chi connectivity index (χ2v) is 6.66. The summed E-state index contributed by atoms with van der Waals surface area (Å²) in [4.78, 5) is 22.3. The summed E-state index contributed by atoms with van der Waals surface area (Å²) in [6, 6.07) is 28.5. The molecule has 3 aromatic carbocycles. The van der Waals surface area contributed by atoms with Crippen molar-refractivity contribution in [2.24, 2.45) is 0 Å². The Kier molecular flexibility index (Phi) is 5.66. The summed E-state index contributed by atoms with van der Waals surface area (Å²) in [5, 5.41) is 12.3. The fraction of sp³-hybridized carbons (Fsp3) is 0.0417. The number of nitrogens with zero attached hydrogens (tertiary/aromatic N) is 3. The Labute approximate surface area is 174 Å². The average molecular weight is 396 g/mol. The van der Waals surface area contributed by atoms with Crippen LogP contribution in [0.1, 0.15) is 15.9 Å². The summed E-state index contributed by atoms with van der Waals surface area (Å²) >= 11 is 0. The van der Waals surface area contributed by atoms with Gasteiger partial charge in [-0.25, -0.2) is 9.78 Å². The number of aromatic carboxylic acids is 1. The number of carboxylic acid groups (broad SMARTS) is 1. The third-order valence-corrected chi connectivity index (χ3v) is 4.54. The molecule has 0 bridgehead atoms. The van der Waals surface area contributed by atoms with Crippen LogP contribution in [-0.2, 0) is 6.54 Å². The largest absolute Gasteiger partial charge is 0.478 e. The van der Waals surface area contributed by atoms with Crippen molar-refractivity contribution in [1.82, 2.24) is 9.97 Å². The normalized spacial score (nSPS) is 10.4. The minimum absolute atomic E-state index is 0.238. The van der Waals surface area contributed by atoms with E-state index in [1.807, 2.05) is 53.4 Å². The summed E-state index contributed by atoms with van der Waals surface area (Å²) in [6.07, 6.45) is 1.71. The van der Waals surface area contributed by atoms with E-state index in [1.54, 1.807) is 36.5 Å². The Hall–Kier alpha value is -4.19. The number of hydrogen-bond acceptors (Lipinski definition) is 5. The van der Waals surface area contributed by atoms with Gasteiger partial charge in [-0.05, 0) is 48.0 Å². The molecule has 30 heavy (non-hydrogen) atoms. The van der Waals surface area contributed by atoms with Crippen LogP contribution >= 0.6 is 0 Å². The second-order valence-electron chi connectivity index (χ2n) is 6.66. The molecule has 0 aliphatic heterocycles. The molecule has 0 aliphatic carbocycles. The van der Waals surface area contributed by atoms with Crippen molar-refractivity contribution < 1.29 is 9.90 Å². The van der Waals surface area contributed by atoms with Crippen molar-refractivity contribution in [3.8, 4) is 0 Å². The minimum Gasteiger partial charge on any atom is -0.478 e. The van der Waals surface area contributed by atoms with E-state index in [2.05, 4.69) is 27.4 Å². The van der Waals surface area contributed by atoms with E-state index in [4.69, 9.17) is 5.11 Å². The first-order chi connectivity index (χ1) is 14.7. The Morgan fingerprint density at radius 2 is 1.53 bits per heavy atom. The van der Waals surface area contributed by atoms with Gasteiger partial charge in [0, 0.05) is 17.6 Å². The minimum atomic E-state index is -0.953. The van der Waals surface area contributed by atoms with E-state index in [-0.39, 0.29) is 5.56 Å². The summed E-state index contributed by atoms with van der Waals surface area (Å²) in [5.41, 5.74) is 3.12. The molecule has 0 atom stereocenters. The summed E-state index contributed by atoms with van der Waals surface area (Å²) < 4.78 is 0. The molecule has 0 unspecified atom stereocenters. The van der Waals surface area contributed by atoms with E-state index >= 15 is 0 Å². The smallest absolute Gasteiger partial charge is 0.335 e. The van der Waals surface area contributed by atoms with Gasteiger partial charge >= 0.3 is 5.97 Å². The number of rotatable bonds is 7. The number of aromatic nitrogens is 2.